The van der Waals surface area contributed by atoms with E-state index in [-0.39, 0.29) is 0 Å². The molecule has 1 unspecified atom stereocenters. The van der Waals surface area contributed by atoms with Crippen LogP contribution in [0.3, 0.4) is 0 Å². The molecule has 1 aromatic carbocycles. The Kier molecular flexibility index (Phi) is 6.07. The van der Waals surface area contributed by atoms with Crippen molar-refractivity contribution in [2.75, 3.05) is 26.7 Å². The van der Waals surface area contributed by atoms with Crippen molar-refractivity contribution in [2.45, 2.75) is 45.7 Å². The maximum atomic E-state index is 5.22. The Morgan fingerprint density at radius 2 is 1.81 bits per heavy atom. The third kappa shape index (κ3) is 4.45. The number of methoxy groups -OCH3 is 1. The molecule has 1 N–H and O–H groups in total. The number of rotatable bonds is 6. The van der Waals surface area contributed by atoms with E-state index in [0.717, 1.165) is 11.7 Å². The Bertz CT molecular complexity index is 410. The van der Waals surface area contributed by atoms with Crippen LogP contribution in [-0.2, 0) is 0 Å². The average Bonchev–Trinajstić information content (AvgIpc) is 2.55. The summed E-state index contributed by atoms with van der Waals surface area (Å²) in [4.78, 5) is 2.55. The molecular formula is C18H30N2O. The van der Waals surface area contributed by atoms with Crippen LogP contribution in [0.15, 0.2) is 24.3 Å². The number of hydrogen-bond donors (Lipinski definition) is 1. The fourth-order valence-corrected chi connectivity index (χ4v) is 3.29. The zero-order chi connectivity index (χ0) is 15.2. The standard InChI is InChI=1S/C18H30N2O/c1-5-20-12-10-17(11-13-20)15(3)19-14(2)16-6-8-18(21-4)9-7-16/h6-9,14-15,17,19H,5,10-13H2,1-4H3/t14-,15?/m0/s1. The minimum atomic E-state index is 0.384. The molecule has 3 heteroatoms. The van der Waals surface area contributed by atoms with Crippen LogP contribution < -0.4 is 10.1 Å². The van der Waals surface area contributed by atoms with Crippen LogP contribution in [0.1, 0.15) is 45.2 Å². The number of nitrogens with one attached hydrogen (secondary N) is 1. The lowest BCUT2D eigenvalue weighted by atomic mass is 9.89. The molecule has 1 aliphatic rings. The van der Waals surface area contributed by atoms with Gasteiger partial charge in [-0.2, -0.15) is 0 Å². The molecule has 1 aliphatic heterocycles. The van der Waals surface area contributed by atoms with Crippen LogP contribution in [0.4, 0.5) is 0 Å². The van der Waals surface area contributed by atoms with Crippen LogP contribution in [0, 0.1) is 5.92 Å². The molecule has 2 rings (SSSR count). The second-order valence-corrected chi connectivity index (χ2v) is 6.22. The highest BCUT2D eigenvalue weighted by atomic mass is 16.5. The summed E-state index contributed by atoms with van der Waals surface area (Å²) >= 11 is 0. The van der Waals surface area contributed by atoms with Gasteiger partial charge in [0.1, 0.15) is 5.75 Å². The molecule has 0 amide bonds. The SMILES string of the molecule is CCN1CCC(C(C)N[C@@H](C)c2ccc(OC)cc2)CC1. The van der Waals surface area contributed by atoms with Gasteiger partial charge in [0.25, 0.3) is 0 Å². The van der Waals surface area contributed by atoms with Gasteiger partial charge in [0.2, 0.25) is 0 Å². The zero-order valence-electron chi connectivity index (χ0n) is 13.9. The van der Waals surface area contributed by atoms with E-state index in [4.69, 9.17) is 4.74 Å². The van der Waals surface area contributed by atoms with E-state index in [1.807, 2.05) is 12.1 Å². The summed E-state index contributed by atoms with van der Waals surface area (Å²) in [6.07, 6.45) is 2.63. The molecule has 118 valence electrons. The van der Waals surface area contributed by atoms with Gasteiger partial charge in [0.05, 0.1) is 7.11 Å². The summed E-state index contributed by atoms with van der Waals surface area (Å²) in [6.45, 7) is 10.5. The highest BCUT2D eigenvalue weighted by Gasteiger charge is 2.24. The van der Waals surface area contributed by atoms with Crippen LogP contribution in [0.5, 0.6) is 5.75 Å². The maximum Gasteiger partial charge on any atom is 0.118 e. The molecule has 0 saturated carbocycles. The highest BCUT2D eigenvalue weighted by molar-refractivity contribution is 5.28. The van der Waals surface area contributed by atoms with Gasteiger partial charge in [0, 0.05) is 12.1 Å². The molecule has 0 aromatic heterocycles. The van der Waals surface area contributed by atoms with Gasteiger partial charge in [-0.15, -0.1) is 0 Å². The van der Waals surface area contributed by atoms with Crippen LogP contribution in [-0.4, -0.2) is 37.7 Å². The normalized spacial score (nSPS) is 20.2. The van der Waals surface area contributed by atoms with E-state index in [1.165, 1.54) is 38.0 Å². The summed E-state index contributed by atoms with van der Waals surface area (Å²) in [7, 11) is 1.71. The topological polar surface area (TPSA) is 24.5 Å². The van der Waals surface area contributed by atoms with Gasteiger partial charge in [-0.25, -0.2) is 0 Å². The monoisotopic (exact) mass is 290 g/mol. The van der Waals surface area contributed by atoms with Crippen molar-refractivity contribution in [2.24, 2.45) is 5.92 Å². The largest absolute Gasteiger partial charge is 0.497 e. The maximum absolute atomic E-state index is 5.22. The number of hydrogen-bond acceptors (Lipinski definition) is 3. The van der Waals surface area contributed by atoms with Gasteiger partial charge in [-0.05, 0) is 69.9 Å². The average molecular weight is 290 g/mol. The number of ether oxygens (including phenoxy) is 1. The van der Waals surface area contributed by atoms with E-state index < -0.39 is 0 Å². The molecule has 1 fully saturated rings. The number of benzene rings is 1. The lowest BCUT2D eigenvalue weighted by Gasteiger charge is -2.35. The highest BCUT2D eigenvalue weighted by Crippen LogP contribution is 2.23. The first-order valence-electron chi connectivity index (χ1n) is 8.26. The number of piperidine rings is 1. The van der Waals surface area contributed by atoms with Crippen molar-refractivity contribution < 1.29 is 4.74 Å². The predicted molar refractivity (Wildman–Crippen MR) is 88.8 cm³/mol. The molecule has 0 spiro atoms. The zero-order valence-corrected chi connectivity index (χ0v) is 13.9. The first-order valence-corrected chi connectivity index (χ1v) is 8.26. The second-order valence-electron chi connectivity index (χ2n) is 6.22. The van der Waals surface area contributed by atoms with Crippen molar-refractivity contribution in [1.82, 2.24) is 10.2 Å². The van der Waals surface area contributed by atoms with Crippen molar-refractivity contribution in [1.29, 1.82) is 0 Å². The van der Waals surface area contributed by atoms with Crippen molar-refractivity contribution >= 4 is 0 Å². The van der Waals surface area contributed by atoms with Crippen LogP contribution in [0.2, 0.25) is 0 Å². The molecule has 1 heterocycles. The molecule has 1 saturated heterocycles. The molecule has 2 atom stereocenters. The third-order valence-electron chi connectivity index (χ3n) is 4.92. The lowest BCUT2D eigenvalue weighted by molar-refractivity contribution is 0.165. The van der Waals surface area contributed by atoms with Crippen molar-refractivity contribution in [3.05, 3.63) is 29.8 Å². The Labute approximate surface area is 129 Å². The summed E-state index contributed by atoms with van der Waals surface area (Å²) in [5.74, 6) is 1.72. The molecule has 0 aliphatic carbocycles. The van der Waals surface area contributed by atoms with E-state index in [1.54, 1.807) is 7.11 Å². The molecule has 0 bridgehead atoms. The fourth-order valence-electron chi connectivity index (χ4n) is 3.29. The summed E-state index contributed by atoms with van der Waals surface area (Å²) in [6, 6.07) is 9.35. The van der Waals surface area contributed by atoms with Crippen molar-refractivity contribution in [3.8, 4) is 5.75 Å². The minimum absolute atomic E-state index is 0.384. The van der Waals surface area contributed by atoms with Gasteiger partial charge in [-0.1, -0.05) is 19.1 Å². The first-order chi connectivity index (χ1) is 10.1. The Morgan fingerprint density at radius 1 is 1.19 bits per heavy atom. The van der Waals surface area contributed by atoms with E-state index >= 15 is 0 Å². The minimum Gasteiger partial charge on any atom is -0.497 e. The number of likely N-dealkylation sites (tertiary alicyclic amines) is 1. The van der Waals surface area contributed by atoms with Crippen LogP contribution in [0.25, 0.3) is 0 Å². The van der Waals surface area contributed by atoms with E-state index in [9.17, 15) is 0 Å². The third-order valence-corrected chi connectivity index (χ3v) is 4.92. The number of nitrogens with zero attached hydrogens (tertiary/aromatic N) is 1. The molecule has 1 aromatic rings. The fraction of sp³-hybridized carbons (Fsp3) is 0.667. The van der Waals surface area contributed by atoms with Gasteiger partial charge in [-0.3, -0.25) is 0 Å². The molecule has 3 nitrogen and oxygen atoms in total. The van der Waals surface area contributed by atoms with Gasteiger partial charge in [0.15, 0.2) is 0 Å². The molecule has 21 heavy (non-hydrogen) atoms. The summed E-state index contributed by atoms with van der Waals surface area (Å²) < 4.78 is 5.22. The first kappa shape index (κ1) is 16.3. The summed E-state index contributed by atoms with van der Waals surface area (Å²) in [5.41, 5.74) is 1.33. The lowest BCUT2D eigenvalue weighted by Crippen LogP contribution is -2.42. The molecular weight excluding hydrogens is 260 g/mol. The van der Waals surface area contributed by atoms with Gasteiger partial charge < -0.3 is 15.0 Å². The predicted octanol–water partition coefficient (Wildman–Crippen LogP) is 3.47. The van der Waals surface area contributed by atoms with E-state index in [0.29, 0.717) is 12.1 Å². The quantitative estimate of drug-likeness (QED) is 0.868. The smallest absolute Gasteiger partial charge is 0.118 e. The van der Waals surface area contributed by atoms with Gasteiger partial charge >= 0.3 is 0 Å². The Hall–Kier alpha value is -1.06. The molecule has 0 radical (unpaired) electrons. The Balaban J connectivity index is 1.85. The van der Waals surface area contributed by atoms with E-state index in [2.05, 4.69) is 43.1 Å². The second kappa shape index (κ2) is 7.81. The van der Waals surface area contributed by atoms with Crippen molar-refractivity contribution in [3.63, 3.8) is 0 Å². The summed E-state index contributed by atoms with van der Waals surface area (Å²) in [5, 5.41) is 3.78. The van der Waals surface area contributed by atoms with Crippen LogP contribution >= 0.6 is 0 Å². The Morgan fingerprint density at radius 3 is 2.33 bits per heavy atom.